The van der Waals surface area contributed by atoms with Crippen LogP contribution in [0.5, 0.6) is 5.75 Å². The van der Waals surface area contributed by atoms with E-state index >= 15 is 0 Å². The second kappa shape index (κ2) is 21.6. The Kier molecular flexibility index (Phi) is 17.4. The van der Waals surface area contributed by atoms with Crippen molar-refractivity contribution in [2.45, 2.75) is 136 Å². The molecule has 0 aliphatic rings. The van der Waals surface area contributed by atoms with E-state index in [0.29, 0.717) is 5.56 Å². The molecular formula is C41H58O3. The molecule has 0 aliphatic heterocycles. The average molecular weight is 599 g/mol. The monoisotopic (exact) mass is 598 g/mol. The van der Waals surface area contributed by atoms with Gasteiger partial charge < -0.3 is 9.47 Å². The minimum absolute atomic E-state index is 0.294. The Morgan fingerprint density at radius 3 is 1.59 bits per heavy atom. The smallest absolute Gasteiger partial charge is 0.338 e. The molecular weight excluding hydrogens is 540 g/mol. The van der Waals surface area contributed by atoms with Crippen molar-refractivity contribution in [1.29, 1.82) is 0 Å². The lowest BCUT2D eigenvalue weighted by Gasteiger charge is -2.14. The molecule has 0 aromatic heterocycles. The van der Waals surface area contributed by atoms with Crippen LogP contribution in [-0.2, 0) is 11.2 Å². The number of aryl methyl sites for hydroxylation is 1. The quantitative estimate of drug-likeness (QED) is 0.0804. The summed E-state index contributed by atoms with van der Waals surface area (Å²) in [5.74, 6) is 0.611. The van der Waals surface area contributed by atoms with Gasteiger partial charge in [-0.1, -0.05) is 152 Å². The van der Waals surface area contributed by atoms with Crippen molar-refractivity contribution in [1.82, 2.24) is 0 Å². The summed E-state index contributed by atoms with van der Waals surface area (Å²) in [6.45, 7) is 7.23. The minimum Gasteiger partial charge on any atom is -0.494 e. The molecule has 0 N–H and O–H groups in total. The van der Waals surface area contributed by atoms with E-state index in [0.717, 1.165) is 41.9 Å². The van der Waals surface area contributed by atoms with Crippen molar-refractivity contribution < 1.29 is 14.3 Å². The third-order valence-electron chi connectivity index (χ3n) is 8.63. The van der Waals surface area contributed by atoms with Crippen LogP contribution in [0.25, 0.3) is 11.1 Å². The molecule has 3 aromatic carbocycles. The fourth-order valence-corrected chi connectivity index (χ4v) is 5.68. The fraction of sp³-hybridized carbons (Fsp3) is 0.537. The maximum atomic E-state index is 12.9. The van der Waals surface area contributed by atoms with E-state index < -0.39 is 0 Å². The van der Waals surface area contributed by atoms with Gasteiger partial charge in [0.15, 0.2) is 0 Å². The molecule has 0 heterocycles. The predicted octanol–water partition coefficient (Wildman–Crippen LogP) is 12.5. The van der Waals surface area contributed by atoms with E-state index in [-0.39, 0.29) is 12.1 Å². The zero-order valence-electron chi connectivity index (χ0n) is 28.0. The van der Waals surface area contributed by atoms with Gasteiger partial charge in [-0.25, -0.2) is 4.79 Å². The second-order valence-electron chi connectivity index (χ2n) is 12.4. The van der Waals surface area contributed by atoms with Crippen LogP contribution in [0.2, 0.25) is 0 Å². The number of hydrogen-bond donors (Lipinski definition) is 0. The Morgan fingerprint density at radius 1 is 0.568 bits per heavy atom. The van der Waals surface area contributed by atoms with Crippen LogP contribution in [0, 0.1) is 0 Å². The highest BCUT2D eigenvalue weighted by Gasteiger charge is 2.14. The normalized spacial score (nSPS) is 11.8. The summed E-state index contributed by atoms with van der Waals surface area (Å²) in [5, 5.41) is 0. The molecule has 3 nitrogen and oxygen atoms in total. The van der Waals surface area contributed by atoms with E-state index in [1.54, 1.807) is 0 Å². The Hall–Kier alpha value is -3.07. The number of hydrogen-bond acceptors (Lipinski definition) is 3. The SMILES string of the molecule is CCCCCCCCCCCCc1ccc(C(C)OC(=O)c2ccc(-c3ccc(OCCCCCCCC)cc3)cc2)cc1. The molecule has 240 valence electrons. The van der Waals surface area contributed by atoms with Crippen LogP contribution in [0.15, 0.2) is 72.8 Å². The Labute approximate surface area is 268 Å². The van der Waals surface area contributed by atoms with Crippen molar-refractivity contribution in [2.75, 3.05) is 6.61 Å². The lowest BCUT2D eigenvalue weighted by atomic mass is 10.0. The molecule has 0 radical (unpaired) electrons. The zero-order valence-corrected chi connectivity index (χ0v) is 28.0. The first kappa shape index (κ1) is 35.4. The van der Waals surface area contributed by atoms with E-state index in [2.05, 4.69) is 50.2 Å². The van der Waals surface area contributed by atoms with Crippen LogP contribution in [0.3, 0.4) is 0 Å². The van der Waals surface area contributed by atoms with Crippen molar-refractivity contribution >= 4 is 5.97 Å². The van der Waals surface area contributed by atoms with E-state index in [9.17, 15) is 4.79 Å². The number of unbranched alkanes of at least 4 members (excludes halogenated alkanes) is 14. The van der Waals surface area contributed by atoms with Crippen molar-refractivity contribution in [2.24, 2.45) is 0 Å². The molecule has 0 spiro atoms. The maximum Gasteiger partial charge on any atom is 0.338 e. The van der Waals surface area contributed by atoms with Crippen LogP contribution >= 0.6 is 0 Å². The third kappa shape index (κ3) is 13.7. The Balaban J connectivity index is 1.35. The molecule has 0 amide bonds. The predicted molar refractivity (Wildman–Crippen MR) is 187 cm³/mol. The molecule has 1 unspecified atom stereocenters. The number of carbonyl (C=O) groups excluding carboxylic acids is 1. The van der Waals surface area contributed by atoms with Gasteiger partial charge >= 0.3 is 5.97 Å². The molecule has 3 heteroatoms. The van der Waals surface area contributed by atoms with Gasteiger partial charge in [0.1, 0.15) is 11.9 Å². The molecule has 0 saturated heterocycles. The summed E-state index contributed by atoms with van der Waals surface area (Å²) in [4.78, 5) is 12.9. The lowest BCUT2D eigenvalue weighted by Crippen LogP contribution is -2.09. The summed E-state index contributed by atoms with van der Waals surface area (Å²) < 4.78 is 11.7. The molecule has 3 rings (SSSR count). The van der Waals surface area contributed by atoms with Crippen molar-refractivity contribution in [3.05, 3.63) is 89.5 Å². The summed E-state index contributed by atoms with van der Waals surface area (Å²) in [5.41, 5.74) is 5.12. The summed E-state index contributed by atoms with van der Waals surface area (Å²) in [6.07, 6.45) is 22.0. The number of rotatable bonds is 23. The highest BCUT2D eigenvalue weighted by molar-refractivity contribution is 5.90. The molecule has 1 atom stereocenters. The lowest BCUT2D eigenvalue weighted by molar-refractivity contribution is 0.0338. The highest BCUT2D eigenvalue weighted by atomic mass is 16.5. The summed E-state index contributed by atoms with van der Waals surface area (Å²) >= 11 is 0. The van der Waals surface area contributed by atoms with Gasteiger partial charge in [0.05, 0.1) is 12.2 Å². The van der Waals surface area contributed by atoms with Crippen LogP contribution < -0.4 is 4.74 Å². The van der Waals surface area contributed by atoms with Crippen molar-refractivity contribution in [3.8, 4) is 16.9 Å². The van der Waals surface area contributed by atoms with Gasteiger partial charge in [-0.2, -0.15) is 0 Å². The largest absolute Gasteiger partial charge is 0.494 e. The van der Waals surface area contributed by atoms with E-state index in [4.69, 9.17) is 9.47 Å². The Morgan fingerprint density at radius 2 is 1.05 bits per heavy atom. The number of ether oxygens (including phenoxy) is 2. The van der Waals surface area contributed by atoms with Gasteiger partial charge in [0.25, 0.3) is 0 Å². The van der Waals surface area contributed by atoms with E-state index in [1.165, 1.54) is 102 Å². The zero-order chi connectivity index (χ0) is 31.2. The summed E-state index contributed by atoms with van der Waals surface area (Å²) in [7, 11) is 0. The first-order chi connectivity index (χ1) is 21.6. The molecule has 3 aromatic rings. The third-order valence-corrected chi connectivity index (χ3v) is 8.63. The maximum absolute atomic E-state index is 12.9. The number of benzene rings is 3. The molecule has 0 bridgehead atoms. The highest BCUT2D eigenvalue weighted by Crippen LogP contribution is 2.25. The van der Waals surface area contributed by atoms with Gasteiger partial charge in [0, 0.05) is 0 Å². The first-order valence-electron chi connectivity index (χ1n) is 17.7. The van der Waals surface area contributed by atoms with E-state index in [1.807, 2.05) is 43.3 Å². The topological polar surface area (TPSA) is 35.5 Å². The second-order valence-corrected chi connectivity index (χ2v) is 12.4. The molecule has 0 saturated carbocycles. The number of carbonyl (C=O) groups is 1. The van der Waals surface area contributed by atoms with Gasteiger partial charge in [-0.3, -0.25) is 0 Å². The number of esters is 1. The Bertz CT molecular complexity index is 1150. The standard InChI is InChI=1S/C41H58O3/c1-4-6-8-10-12-13-14-15-16-18-20-35-21-23-36(24-22-35)34(3)44-41(42)39-27-25-37(26-28-39)38-29-31-40(32-30-38)43-33-19-17-11-9-7-5-2/h21-32,34H,4-20,33H2,1-3H3. The molecule has 0 fully saturated rings. The average Bonchev–Trinajstić information content (AvgIpc) is 3.06. The van der Waals surface area contributed by atoms with Crippen LogP contribution in [0.1, 0.15) is 151 Å². The van der Waals surface area contributed by atoms with Crippen LogP contribution in [-0.4, -0.2) is 12.6 Å². The fourth-order valence-electron chi connectivity index (χ4n) is 5.68. The van der Waals surface area contributed by atoms with Gasteiger partial charge in [0.2, 0.25) is 0 Å². The van der Waals surface area contributed by atoms with Gasteiger partial charge in [-0.15, -0.1) is 0 Å². The first-order valence-corrected chi connectivity index (χ1v) is 17.7. The van der Waals surface area contributed by atoms with Crippen LogP contribution in [0.4, 0.5) is 0 Å². The molecule has 44 heavy (non-hydrogen) atoms. The van der Waals surface area contributed by atoms with Crippen molar-refractivity contribution in [3.63, 3.8) is 0 Å². The summed E-state index contributed by atoms with van der Waals surface area (Å²) in [6, 6.07) is 24.5. The molecule has 0 aliphatic carbocycles. The minimum atomic E-state index is -0.295. The van der Waals surface area contributed by atoms with Gasteiger partial charge in [-0.05, 0) is 72.7 Å².